The molecule has 8 unspecified atom stereocenters. The maximum atomic E-state index is 13.7. The van der Waals surface area contributed by atoms with Crippen LogP contribution in [0.1, 0.15) is 25.0 Å². The maximum Gasteiger partial charge on any atom is 0.238 e. The number of anilines is 2. The Bertz CT molecular complexity index is 1520. The van der Waals surface area contributed by atoms with E-state index in [1.807, 2.05) is 12.2 Å². The lowest BCUT2D eigenvalue weighted by Crippen LogP contribution is -2.63. The standard InChI is InChI=1S/C30H26N4O6/c1-13(31-39)15-3-7-17(8-4-15)33-27(35)23-19-11-12-20(24(23)28(33)36)22-21(19)25-26(22)30(38)34(29(25)37)18-9-5-16(6-10-18)14(2)32-40/h3-12,19-26,39-40H,1-2H3/b31-13+,32-14+. The van der Waals surface area contributed by atoms with Gasteiger partial charge in [-0.2, -0.15) is 0 Å². The summed E-state index contributed by atoms with van der Waals surface area (Å²) in [7, 11) is 0. The van der Waals surface area contributed by atoms with Gasteiger partial charge in [0.2, 0.25) is 23.6 Å². The van der Waals surface area contributed by atoms with E-state index in [2.05, 4.69) is 10.3 Å². The van der Waals surface area contributed by atoms with Gasteiger partial charge in [-0.25, -0.2) is 0 Å². The van der Waals surface area contributed by atoms with Gasteiger partial charge in [-0.15, -0.1) is 0 Å². The molecule has 2 bridgehead atoms. The number of imide groups is 2. The summed E-state index contributed by atoms with van der Waals surface area (Å²) in [5.41, 5.74) is 3.08. The predicted molar refractivity (Wildman–Crippen MR) is 143 cm³/mol. The van der Waals surface area contributed by atoms with Crippen LogP contribution in [-0.4, -0.2) is 45.5 Å². The molecule has 2 heterocycles. The third kappa shape index (κ3) is 2.98. The Balaban J connectivity index is 1.18. The molecule has 2 N–H and O–H groups in total. The van der Waals surface area contributed by atoms with Gasteiger partial charge in [-0.3, -0.25) is 29.0 Å². The fourth-order valence-corrected chi connectivity index (χ4v) is 7.93. The fraction of sp³-hybridized carbons (Fsp3) is 0.333. The molecular formula is C30H26N4O6. The van der Waals surface area contributed by atoms with E-state index >= 15 is 0 Å². The number of nitrogens with zero attached hydrogens (tertiary/aromatic N) is 4. The molecule has 40 heavy (non-hydrogen) atoms. The molecule has 10 heteroatoms. The summed E-state index contributed by atoms with van der Waals surface area (Å²) in [6, 6.07) is 13.5. The van der Waals surface area contributed by atoms with E-state index in [-0.39, 0.29) is 47.3 Å². The second kappa shape index (κ2) is 8.45. The first-order valence-electron chi connectivity index (χ1n) is 13.3. The Kier molecular flexibility index (Phi) is 5.16. The van der Waals surface area contributed by atoms with Crippen LogP contribution in [0, 0.1) is 47.3 Å². The number of amides is 4. The minimum atomic E-state index is -0.568. The number of carbonyl (C=O) groups is 4. The van der Waals surface area contributed by atoms with Crippen molar-refractivity contribution in [2.24, 2.45) is 57.7 Å². The average Bonchev–Trinajstić information content (AvgIpc) is 3.35. The number of benzene rings is 2. The number of oxime groups is 2. The molecule has 0 aromatic heterocycles. The molecule has 10 nitrogen and oxygen atoms in total. The molecule has 0 spiro atoms. The molecule has 4 fully saturated rings. The van der Waals surface area contributed by atoms with Gasteiger partial charge >= 0.3 is 0 Å². The number of fused-ring (bicyclic) bond motifs is 1. The predicted octanol–water partition coefficient (Wildman–Crippen LogP) is 3.06. The van der Waals surface area contributed by atoms with Crippen LogP contribution >= 0.6 is 0 Å². The van der Waals surface area contributed by atoms with E-state index in [1.165, 1.54) is 9.80 Å². The van der Waals surface area contributed by atoms with E-state index in [0.717, 1.165) is 0 Å². The molecular weight excluding hydrogens is 512 g/mol. The molecule has 8 rings (SSSR count). The Labute approximate surface area is 229 Å². The van der Waals surface area contributed by atoms with Gasteiger partial charge in [-0.05, 0) is 72.9 Å². The van der Waals surface area contributed by atoms with E-state index in [9.17, 15) is 19.2 Å². The number of hydrogen-bond donors (Lipinski definition) is 2. The van der Waals surface area contributed by atoms with Crippen LogP contribution < -0.4 is 9.80 Å². The highest BCUT2D eigenvalue weighted by molar-refractivity contribution is 6.25. The van der Waals surface area contributed by atoms with Crippen molar-refractivity contribution < 1.29 is 29.6 Å². The first-order valence-corrected chi connectivity index (χ1v) is 13.3. The van der Waals surface area contributed by atoms with E-state index in [1.54, 1.807) is 62.4 Å². The Morgan fingerprint density at radius 2 is 0.900 bits per heavy atom. The van der Waals surface area contributed by atoms with Crippen LogP contribution in [-0.2, 0) is 19.2 Å². The summed E-state index contributed by atoms with van der Waals surface area (Å²) in [6.45, 7) is 3.30. The van der Waals surface area contributed by atoms with Gasteiger partial charge in [-0.1, -0.05) is 46.7 Å². The summed E-state index contributed by atoms with van der Waals surface area (Å²) in [5.74, 6) is -4.20. The quantitative estimate of drug-likeness (QED) is 0.202. The molecule has 4 amide bonds. The molecule has 2 aliphatic heterocycles. The summed E-state index contributed by atoms with van der Waals surface area (Å²) in [4.78, 5) is 57.3. The van der Waals surface area contributed by atoms with Crippen molar-refractivity contribution in [3.8, 4) is 0 Å². The minimum absolute atomic E-state index is 0.173. The molecule has 4 aliphatic carbocycles. The largest absolute Gasteiger partial charge is 0.411 e. The van der Waals surface area contributed by atoms with Crippen LogP contribution in [0.4, 0.5) is 11.4 Å². The van der Waals surface area contributed by atoms with Crippen molar-refractivity contribution in [1.29, 1.82) is 0 Å². The Morgan fingerprint density at radius 3 is 1.23 bits per heavy atom. The van der Waals surface area contributed by atoms with E-state index in [0.29, 0.717) is 33.9 Å². The topological polar surface area (TPSA) is 140 Å². The number of allylic oxidation sites excluding steroid dienone is 2. The third-order valence-electron chi connectivity index (χ3n) is 9.73. The van der Waals surface area contributed by atoms with Gasteiger partial charge in [0.1, 0.15) is 0 Å². The maximum absolute atomic E-state index is 13.7. The van der Waals surface area contributed by atoms with Gasteiger partial charge in [0.05, 0.1) is 46.5 Å². The van der Waals surface area contributed by atoms with E-state index < -0.39 is 23.7 Å². The fourth-order valence-electron chi connectivity index (χ4n) is 7.93. The van der Waals surface area contributed by atoms with Crippen LogP contribution in [0.3, 0.4) is 0 Å². The zero-order valence-corrected chi connectivity index (χ0v) is 21.7. The highest BCUT2D eigenvalue weighted by atomic mass is 16.4. The first-order chi connectivity index (χ1) is 19.3. The first kappa shape index (κ1) is 24.4. The Morgan fingerprint density at radius 1 is 0.575 bits per heavy atom. The SMILES string of the molecule is C/C(=N\O)c1ccc(N2C(=O)C3C4C=CC(C3C2=O)C2C3C(=O)N(c5ccc(/C(C)=N/O)cc5)C(=O)C3C42)cc1. The molecule has 2 aromatic rings. The van der Waals surface area contributed by atoms with Crippen molar-refractivity contribution in [2.75, 3.05) is 9.80 Å². The highest BCUT2D eigenvalue weighted by Gasteiger charge is 2.75. The average molecular weight is 539 g/mol. The second-order valence-corrected chi connectivity index (χ2v) is 11.3. The van der Waals surface area contributed by atoms with Crippen molar-refractivity contribution in [1.82, 2.24) is 0 Å². The molecule has 2 saturated heterocycles. The number of carbonyl (C=O) groups excluding carboxylic acids is 4. The van der Waals surface area contributed by atoms with Crippen LogP contribution in [0.25, 0.3) is 0 Å². The van der Waals surface area contributed by atoms with Crippen LogP contribution in [0.2, 0.25) is 0 Å². The lowest BCUT2D eigenvalue weighted by molar-refractivity contribution is -0.166. The molecule has 8 atom stereocenters. The van der Waals surface area contributed by atoms with Crippen molar-refractivity contribution in [3.63, 3.8) is 0 Å². The summed E-state index contributed by atoms with van der Waals surface area (Å²) in [5, 5.41) is 24.5. The van der Waals surface area contributed by atoms with Gasteiger partial charge in [0.25, 0.3) is 0 Å². The summed E-state index contributed by atoms with van der Waals surface area (Å²) in [6.07, 6.45) is 3.96. The minimum Gasteiger partial charge on any atom is -0.411 e. The second-order valence-electron chi connectivity index (χ2n) is 11.3. The number of hydrogen-bond acceptors (Lipinski definition) is 8. The molecule has 0 radical (unpaired) electrons. The van der Waals surface area contributed by atoms with Crippen molar-refractivity contribution in [3.05, 3.63) is 71.8 Å². The van der Waals surface area contributed by atoms with Gasteiger partial charge < -0.3 is 10.4 Å². The lowest BCUT2D eigenvalue weighted by Gasteiger charge is -2.60. The molecule has 6 aliphatic rings. The molecule has 2 saturated carbocycles. The number of rotatable bonds is 4. The van der Waals surface area contributed by atoms with Gasteiger partial charge in [0.15, 0.2) is 0 Å². The Hall–Kier alpha value is -4.60. The van der Waals surface area contributed by atoms with Gasteiger partial charge in [0, 0.05) is 0 Å². The molecule has 2 aromatic carbocycles. The van der Waals surface area contributed by atoms with Crippen LogP contribution in [0.15, 0.2) is 71.0 Å². The highest BCUT2D eigenvalue weighted by Crippen LogP contribution is 2.68. The summed E-state index contributed by atoms with van der Waals surface area (Å²) >= 11 is 0. The lowest BCUT2D eigenvalue weighted by atomic mass is 9.40. The van der Waals surface area contributed by atoms with Crippen molar-refractivity contribution in [2.45, 2.75) is 13.8 Å². The van der Waals surface area contributed by atoms with E-state index in [4.69, 9.17) is 10.4 Å². The van der Waals surface area contributed by atoms with Crippen molar-refractivity contribution >= 4 is 46.4 Å². The normalized spacial score (nSPS) is 34.2. The smallest absolute Gasteiger partial charge is 0.238 e. The zero-order valence-electron chi connectivity index (χ0n) is 21.7. The monoisotopic (exact) mass is 538 g/mol. The third-order valence-corrected chi connectivity index (χ3v) is 9.73. The summed E-state index contributed by atoms with van der Waals surface area (Å²) < 4.78 is 0. The zero-order chi connectivity index (χ0) is 28.0. The van der Waals surface area contributed by atoms with Crippen LogP contribution in [0.5, 0.6) is 0 Å². The molecule has 202 valence electrons.